The smallest absolute Gasteiger partial charge is 0.0507 e. The van der Waals surface area contributed by atoms with Crippen LogP contribution in [0.3, 0.4) is 0 Å². The molecule has 0 saturated carbocycles. The zero-order chi connectivity index (χ0) is 12.8. The van der Waals surface area contributed by atoms with Crippen LogP contribution in [0.4, 0.5) is 0 Å². The number of thioether (sulfide) groups is 1. The van der Waals surface area contributed by atoms with Crippen molar-refractivity contribution in [2.45, 2.75) is 38.4 Å². The zero-order valence-electron chi connectivity index (χ0n) is 11.2. The van der Waals surface area contributed by atoms with Crippen molar-refractivity contribution in [2.24, 2.45) is 5.73 Å². The van der Waals surface area contributed by atoms with Crippen LogP contribution < -0.4 is 5.73 Å². The van der Waals surface area contributed by atoms with Crippen LogP contribution in [0.5, 0.6) is 0 Å². The second-order valence-electron chi connectivity index (χ2n) is 4.54. The van der Waals surface area contributed by atoms with Crippen molar-refractivity contribution in [1.82, 2.24) is 4.90 Å². The van der Waals surface area contributed by atoms with Crippen LogP contribution >= 0.6 is 23.1 Å². The molecule has 0 aliphatic carbocycles. The highest BCUT2D eigenvalue weighted by molar-refractivity contribution is 7.98. The summed E-state index contributed by atoms with van der Waals surface area (Å²) in [5.41, 5.74) is 7.66. The highest BCUT2D eigenvalue weighted by Crippen LogP contribution is 2.28. The summed E-state index contributed by atoms with van der Waals surface area (Å²) in [6.07, 6.45) is 3.17. The van der Waals surface area contributed by atoms with Gasteiger partial charge < -0.3 is 5.73 Å². The molecule has 0 spiro atoms. The third kappa shape index (κ3) is 3.98. The lowest BCUT2D eigenvalue weighted by molar-refractivity contribution is 0.171. The molecule has 0 saturated heterocycles. The highest BCUT2D eigenvalue weighted by atomic mass is 32.2. The van der Waals surface area contributed by atoms with Gasteiger partial charge >= 0.3 is 0 Å². The Kier molecular flexibility index (Phi) is 6.55. The Labute approximate surface area is 114 Å². The first-order chi connectivity index (χ1) is 8.11. The fourth-order valence-corrected chi connectivity index (χ4v) is 3.49. The zero-order valence-corrected chi connectivity index (χ0v) is 12.9. The molecule has 2 nitrogen and oxygen atoms in total. The molecular formula is C13H24N2S2. The average Bonchev–Trinajstić information content (AvgIpc) is 2.82. The third-order valence-corrected chi connectivity index (χ3v) is 4.82. The van der Waals surface area contributed by atoms with Crippen molar-refractivity contribution < 1.29 is 0 Å². The van der Waals surface area contributed by atoms with Gasteiger partial charge in [0.2, 0.25) is 0 Å². The van der Waals surface area contributed by atoms with E-state index >= 15 is 0 Å². The van der Waals surface area contributed by atoms with Crippen LogP contribution in [0.15, 0.2) is 16.8 Å². The molecule has 17 heavy (non-hydrogen) atoms. The molecule has 0 aliphatic rings. The first-order valence-corrected chi connectivity index (χ1v) is 8.44. The molecule has 3 atom stereocenters. The van der Waals surface area contributed by atoms with Gasteiger partial charge in [-0.2, -0.15) is 23.1 Å². The van der Waals surface area contributed by atoms with E-state index in [0.29, 0.717) is 12.1 Å². The van der Waals surface area contributed by atoms with E-state index in [2.05, 4.69) is 48.9 Å². The van der Waals surface area contributed by atoms with E-state index in [-0.39, 0.29) is 6.04 Å². The minimum absolute atomic E-state index is 0.207. The fraction of sp³-hybridized carbons (Fsp3) is 0.692. The maximum atomic E-state index is 6.30. The molecule has 0 amide bonds. The van der Waals surface area contributed by atoms with Crippen molar-refractivity contribution in [3.05, 3.63) is 22.4 Å². The number of hydrogen-bond donors (Lipinski definition) is 1. The molecule has 0 aliphatic heterocycles. The number of thiophene rings is 1. The Bertz CT molecular complexity index is 300. The molecule has 0 fully saturated rings. The van der Waals surface area contributed by atoms with E-state index in [1.807, 2.05) is 11.8 Å². The second kappa shape index (κ2) is 7.41. The predicted molar refractivity (Wildman–Crippen MR) is 80.9 cm³/mol. The maximum absolute atomic E-state index is 6.30. The van der Waals surface area contributed by atoms with Gasteiger partial charge in [0.25, 0.3) is 0 Å². The van der Waals surface area contributed by atoms with Crippen molar-refractivity contribution in [3.63, 3.8) is 0 Å². The molecule has 0 radical (unpaired) electrons. The first kappa shape index (κ1) is 15.0. The Morgan fingerprint density at radius 3 is 2.71 bits per heavy atom. The Hall–Kier alpha value is -0.0300. The Balaban J connectivity index is 2.83. The van der Waals surface area contributed by atoms with Crippen LogP contribution in [0.25, 0.3) is 0 Å². The van der Waals surface area contributed by atoms with Crippen molar-refractivity contribution in [3.8, 4) is 0 Å². The second-order valence-corrected chi connectivity index (χ2v) is 6.23. The SMILES string of the molecule is CCC(N)C(c1ccsc1)N(C)C(C)CSC. The lowest BCUT2D eigenvalue weighted by atomic mass is 9.98. The molecule has 3 unspecified atom stereocenters. The van der Waals surface area contributed by atoms with Crippen molar-refractivity contribution in [2.75, 3.05) is 19.1 Å². The molecule has 2 N–H and O–H groups in total. The van der Waals surface area contributed by atoms with Crippen LogP contribution in [0, 0.1) is 0 Å². The highest BCUT2D eigenvalue weighted by Gasteiger charge is 2.26. The standard InChI is InChI=1S/C13H24N2S2/c1-5-12(14)13(11-6-7-17-9-11)15(3)10(2)8-16-4/h6-7,9-10,12-13H,5,8,14H2,1-4H3. The number of likely N-dealkylation sites (N-methyl/N-ethyl adjacent to an activating group) is 1. The van der Waals surface area contributed by atoms with E-state index in [0.717, 1.165) is 12.2 Å². The van der Waals surface area contributed by atoms with E-state index in [1.165, 1.54) is 5.56 Å². The number of nitrogens with zero attached hydrogens (tertiary/aromatic N) is 1. The lowest BCUT2D eigenvalue weighted by Gasteiger charge is -2.36. The van der Waals surface area contributed by atoms with Crippen LogP contribution in [-0.2, 0) is 0 Å². The van der Waals surface area contributed by atoms with E-state index in [9.17, 15) is 0 Å². The summed E-state index contributed by atoms with van der Waals surface area (Å²) in [6.45, 7) is 4.44. The Morgan fingerprint density at radius 2 is 2.24 bits per heavy atom. The molecule has 0 aromatic carbocycles. The molecule has 1 aromatic heterocycles. The van der Waals surface area contributed by atoms with E-state index in [4.69, 9.17) is 5.73 Å². The predicted octanol–water partition coefficient (Wildman–Crippen LogP) is 3.21. The van der Waals surface area contributed by atoms with Gasteiger partial charge in [-0.3, -0.25) is 4.90 Å². The fourth-order valence-electron chi connectivity index (χ4n) is 2.08. The minimum atomic E-state index is 0.207. The summed E-state index contributed by atoms with van der Waals surface area (Å²) < 4.78 is 0. The molecule has 0 bridgehead atoms. The monoisotopic (exact) mass is 272 g/mol. The van der Waals surface area contributed by atoms with Crippen LogP contribution in [-0.4, -0.2) is 36.0 Å². The van der Waals surface area contributed by atoms with E-state index < -0.39 is 0 Å². The Morgan fingerprint density at radius 1 is 1.53 bits per heavy atom. The minimum Gasteiger partial charge on any atom is -0.326 e. The quantitative estimate of drug-likeness (QED) is 0.826. The van der Waals surface area contributed by atoms with Crippen molar-refractivity contribution >= 4 is 23.1 Å². The van der Waals surface area contributed by atoms with Crippen LogP contribution in [0.1, 0.15) is 31.9 Å². The normalized spacial score (nSPS) is 17.1. The molecule has 98 valence electrons. The van der Waals surface area contributed by atoms with Gasteiger partial charge in [0.1, 0.15) is 0 Å². The van der Waals surface area contributed by atoms with Gasteiger partial charge in [-0.25, -0.2) is 0 Å². The van der Waals surface area contributed by atoms with Crippen LogP contribution in [0.2, 0.25) is 0 Å². The summed E-state index contributed by atoms with van der Waals surface area (Å²) in [5, 5.41) is 4.36. The largest absolute Gasteiger partial charge is 0.326 e. The summed E-state index contributed by atoms with van der Waals surface area (Å²) in [4.78, 5) is 2.42. The van der Waals surface area contributed by atoms with Crippen molar-refractivity contribution in [1.29, 1.82) is 0 Å². The third-order valence-electron chi connectivity index (χ3n) is 3.30. The van der Waals surface area contributed by atoms with Gasteiger partial charge in [0.15, 0.2) is 0 Å². The number of nitrogens with two attached hydrogens (primary N) is 1. The summed E-state index contributed by atoms with van der Waals surface area (Å²) in [5.74, 6) is 1.15. The molecule has 4 heteroatoms. The van der Waals surface area contributed by atoms with Gasteiger partial charge in [-0.05, 0) is 49.0 Å². The number of hydrogen-bond acceptors (Lipinski definition) is 4. The summed E-state index contributed by atoms with van der Waals surface area (Å²) in [6, 6.07) is 3.30. The van der Waals surface area contributed by atoms with Gasteiger partial charge in [-0.15, -0.1) is 0 Å². The molecule has 1 rings (SSSR count). The maximum Gasteiger partial charge on any atom is 0.0507 e. The molecular weight excluding hydrogens is 248 g/mol. The first-order valence-electron chi connectivity index (χ1n) is 6.10. The molecule has 1 aromatic rings. The summed E-state index contributed by atoms with van der Waals surface area (Å²) >= 11 is 3.64. The van der Waals surface area contributed by atoms with Gasteiger partial charge in [0.05, 0.1) is 6.04 Å². The van der Waals surface area contributed by atoms with E-state index in [1.54, 1.807) is 11.3 Å². The van der Waals surface area contributed by atoms with Gasteiger partial charge in [-0.1, -0.05) is 6.92 Å². The number of rotatable bonds is 7. The average molecular weight is 272 g/mol. The summed E-state index contributed by atoms with van der Waals surface area (Å²) in [7, 11) is 2.19. The lowest BCUT2D eigenvalue weighted by Crippen LogP contribution is -2.43. The van der Waals surface area contributed by atoms with Gasteiger partial charge in [0, 0.05) is 17.8 Å². The molecule has 1 heterocycles. The topological polar surface area (TPSA) is 29.3 Å².